The van der Waals surface area contributed by atoms with E-state index in [-0.39, 0.29) is 5.91 Å². The van der Waals surface area contributed by atoms with E-state index in [1.165, 1.54) is 18.4 Å². The molecule has 3 nitrogen and oxygen atoms in total. The lowest BCUT2D eigenvalue weighted by molar-refractivity contribution is -0.129. The van der Waals surface area contributed by atoms with Crippen LogP contribution in [-0.2, 0) is 4.79 Å². The summed E-state index contributed by atoms with van der Waals surface area (Å²) in [4.78, 5) is 13.8. The first kappa shape index (κ1) is 14.1. The number of nitrogens with one attached hydrogen (secondary N) is 1. The zero-order chi connectivity index (χ0) is 13.7. The number of amides is 1. The molecule has 104 valence electrons. The van der Waals surface area contributed by atoms with Crippen molar-refractivity contribution in [2.45, 2.75) is 25.2 Å². The van der Waals surface area contributed by atoms with Crippen molar-refractivity contribution in [3.05, 3.63) is 35.9 Å². The Morgan fingerprint density at radius 1 is 1.26 bits per heavy atom. The van der Waals surface area contributed by atoms with E-state index >= 15 is 0 Å². The molecule has 3 heteroatoms. The van der Waals surface area contributed by atoms with Crippen LogP contribution in [0.3, 0.4) is 0 Å². The van der Waals surface area contributed by atoms with E-state index in [1.807, 2.05) is 20.2 Å². The number of rotatable bonds is 4. The smallest absolute Gasteiger partial charge is 0.222 e. The average Bonchev–Trinajstić information content (AvgIpc) is 2.46. The van der Waals surface area contributed by atoms with Gasteiger partial charge in [-0.25, -0.2) is 0 Å². The highest BCUT2D eigenvalue weighted by Gasteiger charge is 2.27. The van der Waals surface area contributed by atoms with Crippen LogP contribution in [-0.4, -0.2) is 38.0 Å². The van der Waals surface area contributed by atoms with Gasteiger partial charge >= 0.3 is 0 Å². The van der Waals surface area contributed by atoms with E-state index in [2.05, 4.69) is 29.6 Å². The van der Waals surface area contributed by atoms with Crippen LogP contribution < -0.4 is 5.32 Å². The second kappa shape index (κ2) is 6.71. The van der Waals surface area contributed by atoms with Gasteiger partial charge in [0.2, 0.25) is 5.91 Å². The summed E-state index contributed by atoms with van der Waals surface area (Å²) in [6, 6.07) is 10.5. The molecule has 2 rings (SSSR count). The lowest BCUT2D eigenvalue weighted by Gasteiger charge is -2.31. The van der Waals surface area contributed by atoms with Crippen LogP contribution in [0.4, 0.5) is 0 Å². The summed E-state index contributed by atoms with van der Waals surface area (Å²) < 4.78 is 0. The van der Waals surface area contributed by atoms with Gasteiger partial charge in [0, 0.05) is 20.5 Å². The van der Waals surface area contributed by atoms with Crippen molar-refractivity contribution in [3.8, 4) is 0 Å². The van der Waals surface area contributed by atoms with E-state index in [0.717, 1.165) is 13.1 Å². The molecule has 0 bridgehead atoms. The van der Waals surface area contributed by atoms with Gasteiger partial charge in [0.1, 0.15) is 0 Å². The lowest BCUT2D eigenvalue weighted by Crippen LogP contribution is -2.33. The fraction of sp³-hybridized carbons (Fsp3) is 0.562. The van der Waals surface area contributed by atoms with Crippen LogP contribution in [0, 0.1) is 5.92 Å². The Morgan fingerprint density at radius 3 is 2.47 bits per heavy atom. The summed E-state index contributed by atoms with van der Waals surface area (Å²) in [6.45, 7) is 2.15. The maximum atomic E-state index is 12.1. The molecule has 0 radical (unpaired) electrons. The zero-order valence-electron chi connectivity index (χ0n) is 11.9. The maximum absolute atomic E-state index is 12.1. The predicted octanol–water partition coefficient (Wildman–Crippen LogP) is 2.25. The summed E-state index contributed by atoms with van der Waals surface area (Å²) in [5, 5.41) is 3.40. The van der Waals surface area contributed by atoms with Crippen molar-refractivity contribution >= 4 is 5.91 Å². The zero-order valence-corrected chi connectivity index (χ0v) is 11.9. The molecule has 1 N–H and O–H groups in total. The first-order valence-corrected chi connectivity index (χ1v) is 7.14. The highest BCUT2D eigenvalue weighted by atomic mass is 16.2. The molecule has 0 saturated carbocycles. The summed E-state index contributed by atoms with van der Waals surface area (Å²) in [7, 11) is 3.68. The Bertz CT molecular complexity index is 396. The molecule has 1 fully saturated rings. The molecule has 1 saturated heterocycles. The molecule has 0 aromatic heterocycles. The van der Waals surface area contributed by atoms with Crippen LogP contribution in [0.25, 0.3) is 0 Å². The fourth-order valence-electron chi connectivity index (χ4n) is 2.87. The Morgan fingerprint density at radius 2 is 1.89 bits per heavy atom. The maximum Gasteiger partial charge on any atom is 0.222 e. The first-order chi connectivity index (χ1) is 9.18. The third kappa shape index (κ3) is 3.80. The third-order valence-electron chi connectivity index (χ3n) is 4.07. The summed E-state index contributed by atoms with van der Waals surface area (Å²) in [5.74, 6) is 1.21. The molecule has 1 aliphatic heterocycles. The SMILES string of the molecule is CN(C)C(=O)C[C@@H](c1ccccc1)C1CCNCC1. The number of carbonyl (C=O) groups is 1. The van der Waals surface area contributed by atoms with Gasteiger partial charge in [-0.1, -0.05) is 30.3 Å². The molecule has 1 amide bonds. The number of nitrogens with zero attached hydrogens (tertiary/aromatic N) is 1. The first-order valence-electron chi connectivity index (χ1n) is 7.14. The highest BCUT2D eigenvalue weighted by Crippen LogP contribution is 2.34. The quantitative estimate of drug-likeness (QED) is 0.900. The molecule has 1 atom stereocenters. The second-order valence-electron chi connectivity index (χ2n) is 5.60. The summed E-state index contributed by atoms with van der Waals surface area (Å²) in [5.41, 5.74) is 1.31. The van der Waals surface area contributed by atoms with Crippen molar-refractivity contribution < 1.29 is 4.79 Å². The molecular weight excluding hydrogens is 236 g/mol. The minimum atomic E-state index is 0.229. The summed E-state index contributed by atoms with van der Waals surface area (Å²) in [6.07, 6.45) is 2.96. The molecule has 0 unspecified atom stereocenters. The van der Waals surface area contributed by atoms with Gasteiger partial charge in [-0.2, -0.15) is 0 Å². The van der Waals surface area contributed by atoms with E-state index in [4.69, 9.17) is 0 Å². The average molecular weight is 260 g/mol. The number of carbonyl (C=O) groups excluding carboxylic acids is 1. The minimum Gasteiger partial charge on any atom is -0.349 e. The topological polar surface area (TPSA) is 32.3 Å². The fourth-order valence-corrected chi connectivity index (χ4v) is 2.87. The number of piperidine rings is 1. The predicted molar refractivity (Wildman–Crippen MR) is 78.1 cm³/mol. The Kier molecular flexibility index (Phi) is 4.97. The lowest BCUT2D eigenvalue weighted by atomic mass is 9.78. The minimum absolute atomic E-state index is 0.229. The normalized spacial score (nSPS) is 18.0. The van der Waals surface area contributed by atoms with Crippen molar-refractivity contribution in [1.82, 2.24) is 10.2 Å². The Hall–Kier alpha value is -1.35. The molecule has 1 aliphatic rings. The van der Waals surface area contributed by atoms with E-state index in [9.17, 15) is 4.79 Å². The van der Waals surface area contributed by atoms with Gasteiger partial charge in [-0.3, -0.25) is 4.79 Å². The van der Waals surface area contributed by atoms with E-state index < -0.39 is 0 Å². The molecule has 1 aromatic carbocycles. The number of hydrogen-bond donors (Lipinski definition) is 1. The molecule has 1 heterocycles. The molecule has 1 aromatic rings. The molecule has 19 heavy (non-hydrogen) atoms. The van der Waals surface area contributed by atoms with Crippen LogP contribution in [0.5, 0.6) is 0 Å². The van der Waals surface area contributed by atoms with Crippen molar-refractivity contribution in [1.29, 1.82) is 0 Å². The van der Waals surface area contributed by atoms with Gasteiger partial charge in [0.15, 0.2) is 0 Å². The second-order valence-corrected chi connectivity index (χ2v) is 5.60. The Labute approximate surface area is 116 Å². The largest absolute Gasteiger partial charge is 0.349 e. The van der Waals surface area contributed by atoms with E-state index in [1.54, 1.807) is 4.90 Å². The van der Waals surface area contributed by atoms with Crippen molar-refractivity contribution in [2.24, 2.45) is 5.92 Å². The molecular formula is C16H24N2O. The summed E-state index contributed by atoms with van der Waals surface area (Å²) >= 11 is 0. The molecule has 0 spiro atoms. The van der Waals surface area contributed by atoms with Crippen LogP contribution in [0.2, 0.25) is 0 Å². The third-order valence-corrected chi connectivity index (χ3v) is 4.07. The van der Waals surface area contributed by atoms with Gasteiger partial charge in [-0.15, -0.1) is 0 Å². The standard InChI is InChI=1S/C16H24N2O/c1-18(2)16(19)12-15(13-6-4-3-5-7-13)14-8-10-17-11-9-14/h3-7,14-15,17H,8-12H2,1-2H3/t15-/m0/s1. The van der Waals surface area contributed by atoms with Gasteiger partial charge < -0.3 is 10.2 Å². The van der Waals surface area contributed by atoms with Gasteiger partial charge in [0.25, 0.3) is 0 Å². The van der Waals surface area contributed by atoms with Crippen molar-refractivity contribution in [2.75, 3.05) is 27.2 Å². The Balaban J connectivity index is 2.15. The van der Waals surface area contributed by atoms with Crippen LogP contribution in [0.15, 0.2) is 30.3 Å². The highest BCUT2D eigenvalue weighted by molar-refractivity contribution is 5.76. The van der Waals surface area contributed by atoms with Gasteiger partial charge in [-0.05, 0) is 43.3 Å². The van der Waals surface area contributed by atoms with E-state index in [0.29, 0.717) is 18.3 Å². The van der Waals surface area contributed by atoms with Gasteiger partial charge in [0.05, 0.1) is 0 Å². The number of hydrogen-bond acceptors (Lipinski definition) is 2. The van der Waals surface area contributed by atoms with Crippen LogP contribution >= 0.6 is 0 Å². The number of benzene rings is 1. The van der Waals surface area contributed by atoms with Crippen LogP contribution in [0.1, 0.15) is 30.7 Å². The monoisotopic (exact) mass is 260 g/mol. The van der Waals surface area contributed by atoms with Crippen molar-refractivity contribution in [3.63, 3.8) is 0 Å². The molecule has 0 aliphatic carbocycles.